The SMILES string of the molecule is Nc1ccc(N2CCOC(Cc3cccc(N)n3)C2)cn1. The summed E-state index contributed by atoms with van der Waals surface area (Å²) in [6.07, 6.45) is 2.66. The molecule has 0 spiro atoms. The highest BCUT2D eigenvalue weighted by molar-refractivity contribution is 5.48. The first-order valence-corrected chi connectivity index (χ1v) is 7.00. The monoisotopic (exact) mass is 285 g/mol. The minimum atomic E-state index is 0.102. The number of nitrogen functional groups attached to an aromatic ring is 2. The third-order valence-electron chi connectivity index (χ3n) is 3.54. The number of nitrogens with zero attached hydrogens (tertiary/aromatic N) is 3. The van der Waals surface area contributed by atoms with Crippen molar-refractivity contribution in [1.29, 1.82) is 0 Å². The Kier molecular flexibility index (Phi) is 3.87. The highest BCUT2D eigenvalue weighted by atomic mass is 16.5. The molecule has 6 heteroatoms. The summed E-state index contributed by atoms with van der Waals surface area (Å²) in [5.41, 5.74) is 13.4. The van der Waals surface area contributed by atoms with Gasteiger partial charge in [0.2, 0.25) is 0 Å². The van der Waals surface area contributed by atoms with Gasteiger partial charge in [0.15, 0.2) is 0 Å². The van der Waals surface area contributed by atoms with Crippen LogP contribution in [0.25, 0.3) is 0 Å². The molecule has 2 aromatic rings. The number of nitrogens with two attached hydrogens (primary N) is 2. The lowest BCUT2D eigenvalue weighted by molar-refractivity contribution is 0.0405. The normalized spacial score (nSPS) is 18.7. The van der Waals surface area contributed by atoms with Gasteiger partial charge < -0.3 is 21.1 Å². The molecule has 0 saturated carbocycles. The van der Waals surface area contributed by atoms with Crippen molar-refractivity contribution in [3.8, 4) is 0 Å². The summed E-state index contributed by atoms with van der Waals surface area (Å²) >= 11 is 0. The van der Waals surface area contributed by atoms with E-state index in [1.807, 2.05) is 24.3 Å². The zero-order chi connectivity index (χ0) is 14.7. The Hall–Kier alpha value is -2.34. The number of rotatable bonds is 3. The fourth-order valence-electron chi connectivity index (χ4n) is 2.51. The van der Waals surface area contributed by atoms with Crippen molar-refractivity contribution in [3.05, 3.63) is 42.2 Å². The Morgan fingerprint density at radius 2 is 2.10 bits per heavy atom. The largest absolute Gasteiger partial charge is 0.384 e. The first-order valence-electron chi connectivity index (χ1n) is 7.00. The molecular weight excluding hydrogens is 266 g/mol. The van der Waals surface area contributed by atoms with Crippen molar-refractivity contribution in [1.82, 2.24) is 9.97 Å². The van der Waals surface area contributed by atoms with E-state index in [0.29, 0.717) is 18.2 Å². The summed E-state index contributed by atoms with van der Waals surface area (Å²) in [6.45, 7) is 2.35. The van der Waals surface area contributed by atoms with Crippen LogP contribution < -0.4 is 16.4 Å². The second-order valence-corrected chi connectivity index (χ2v) is 5.14. The maximum atomic E-state index is 5.83. The molecule has 1 fully saturated rings. The minimum absolute atomic E-state index is 0.102. The average Bonchev–Trinajstić information content (AvgIpc) is 2.48. The Labute approximate surface area is 123 Å². The van der Waals surface area contributed by atoms with Crippen LogP contribution in [0.4, 0.5) is 17.3 Å². The Balaban J connectivity index is 1.67. The van der Waals surface area contributed by atoms with E-state index >= 15 is 0 Å². The van der Waals surface area contributed by atoms with E-state index in [9.17, 15) is 0 Å². The lowest BCUT2D eigenvalue weighted by Crippen LogP contribution is -2.43. The number of pyridine rings is 2. The van der Waals surface area contributed by atoms with Gasteiger partial charge in [0.25, 0.3) is 0 Å². The summed E-state index contributed by atoms with van der Waals surface area (Å²) in [5.74, 6) is 1.08. The molecule has 1 aliphatic heterocycles. The van der Waals surface area contributed by atoms with Crippen molar-refractivity contribution in [3.63, 3.8) is 0 Å². The Morgan fingerprint density at radius 3 is 2.86 bits per heavy atom. The molecule has 21 heavy (non-hydrogen) atoms. The molecule has 6 nitrogen and oxygen atoms in total. The van der Waals surface area contributed by atoms with Gasteiger partial charge in [-0.25, -0.2) is 9.97 Å². The first-order chi connectivity index (χ1) is 10.2. The van der Waals surface area contributed by atoms with Crippen LogP contribution in [-0.4, -0.2) is 35.8 Å². The predicted molar refractivity (Wildman–Crippen MR) is 83.0 cm³/mol. The fraction of sp³-hybridized carbons (Fsp3) is 0.333. The highest BCUT2D eigenvalue weighted by Crippen LogP contribution is 2.19. The molecule has 0 aliphatic carbocycles. The lowest BCUT2D eigenvalue weighted by atomic mass is 10.1. The van der Waals surface area contributed by atoms with Gasteiger partial charge in [-0.3, -0.25) is 0 Å². The molecule has 0 amide bonds. The zero-order valence-corrected chi connectivity index (χ0v) is 11.8. The van der Waals surface area contributed by atoms with E-state index in [-0.39, 0.29) is 6.10 Å². The van der Waals surface area contributed by atoms with E-state index in [0.717, 1.165) is 30.9 Å². The van der Waals surface area contributed by atoms with Crippen molar-refractivity contribution >= 4 is 17.3 Å². The van der Waals surface area contributed by atoms with Crippen LogP contribution in [0.3, 0.4) is 0 Å². The number of morpholine rings is 1. The molecule has 1 unspecified atom stereocenters. The van der Waals surface area contributed by atoms with Crippen LogP contribution in [0.2, 0.25) is 0 Å². The van der Waals surface area contributed by atoms with Crippen molar-refractivity contribution in [2.45, 2.75) is 12.5 Å². The van der Waals surface area contributed by atoms with Crippen LogP contribution in [0.1, 0.15) is 5.69 Å². The highest BCUT2D eigenvalue weighted by Gasteiger charge is 2.21. The summed E-state index contributed by atoms with van der Waals surface area (Å²) in [7, 11) is 0. The quantitative estimate of drug-likeness (QED) is 0.877. The van der Waals surface area contributed by atoms with Crippen LogP contribution >= 0.6 is 0 Å². The van der Waals surface area contributed by atoms with E-state index in [1.54, 1.807) is 12.3 Å². The molecule has 1 atom stereocenters. The van der Waals surface area contributed by atoms with E-state index < -0.39 is 0 Å². The first kappa shape index (κ1) is 13.6. The van der Waals surface area contributed by atoms with E-state index in [4.69, 9.17) is 16.2 Å². The molecule has 0 bridgehead atoms. The number of anilines is 3. The molecule has 1 aliphatic rings. The second-order valence-electron chi connectivity index (χ2n) is 5.14. The standard InChI is InChI=1S/C15H19N5O/c16-14-5-4-12(9-18-14)20-6-7-21-13(10-20)8-11-2-1-3-15(17)19-11/h1-5,9,13H,6-8,10H2,(H2,16,18)(H2,17,19). The van der Waals surface area contributed by atoms with E-state index in [1.165, 1.54) is 0 Å². The van der Waals surface area contributed by atoms with E-state index in [2.05, 4.69) is 14.9 Å². The number of hydrogen-bond donors (Lipinski definition) is 2. The topological polar surface area (TPSA) is 90.3 Å². The van der Waals surface area contributed by atoms with Gasteiger partial charge in [-0.15, -0.1) is 0 Å². The molecule has 110 valence electrons. The molecule has 0 radical (unpaired) electrons. The van der Waals surface area contributed by atoms with Crippen molar-refractivity contribution in [2.24, 2.45) is 0 Å². The summed E-state index contributed by atoms with van der Waals surface area (Å²) < 4.78 is 5.83. The molecule has 3 heterocycles. The predicted octanol–water partition coefficient (Wildman–Crippen LogP) is 1.09. The fourth-order valence-corrected chi connectivity index (χ4v) is 2.51. The van der Waals surface area contributed by atoms with Gasteiger partial charge in [0, 0.05) is 25.2 Å². The molecule has 4 N–H and O–H groups in total. The number of ether oxygens (including phenoxy) is 1. The van der Waals surface area contributed by atoms with Gasteiger partial charge in [0.1, 0.15) is 11.6 Å². The molecule has 0 aromatic carbocycles. The Morgan fingerprint density at radius 1 is 1.19 bits per heavy atom. The number of aromatic nitrogens is 2. The minimum Gasteiger partial charge on any atom is -0.384 e. The second kappa shape index (κ2) is 5.97. The van der Waals surface area contributed by atoms with Gasteiger partial charge in [-0.1, -0.05) is 6.07 Å². The lowest BCUT2D eigenvalue weighted by Gasteiger charge is -2.34. The van der Waals surface area contributed by atoms with Crippen molar-refractivity contribution < 1.29 is 4.74 Å². The van der Waals surface area contributed by atoms with Crippen LogP contribution in [0, 0.1) is 0 Å². The van der Waals surface area contributed by atoms with Crippen LogP contribution in [0.15, 0.2) is 36.5 Å². The third-order valence-corrected chi connectivity index (χ3v) is 3.54. The maximum absolute atomic E-state index is 5.83. The van der Waals surface area contributed by atoms with Crippen LogP contribution in [0.5, 0.6) is 0 Å². The molecule has 1 saturated heterocycles. The maximum Gasteiger partial charge on any atom is 0.123 e. The van der Waals surface area contributed by atoms with Gasteiger partial charge in [0.05, 0.1) is 24.6 Å². The average molecular weight is 285 g/mol. The third kappa shape index (κ3) is 3.41. The van der Waals surface area contributed by atoms with Crippen LogP contribution in [-0.2, 0) is 11.2 Å². The van der Waals surface area contributed by atoms with Gasteiger partial charge in [-0.05, 0) is 24.3 Å². The Bertz CT molecular complexity index is 601. The molecular formula is C15H19N5O. The van der Waals surface area contributed by atoms with Crippen molar-refractivity contribution in [2.75, 3.05) is 36.1 Å². The summed E-state index contributed by atoms with van der Waals surface area (Å²) in [6, 6.07) is 9.49. The molecule has 2 aromatic heterocycles. The summed E-state index contributed by atoms with van der Waals surface area (Å²) in [4.78, 5) is 10.7. The van der Waals surface area contributed by atoms with Gasteiger partial charge in [-0.2, -0.15) is 0 Å². The molecule has 3 rings (SSSR count). The smallest absolute Gasteiger partial charge is 0.123 e. The number of hydrogen-bond acceptors (Lipinski definition) is 6. The van der Waals surface area contributed by atoms with Gasteiger partial charge >= 0.3 is 0 Å². The summed E-state index contributed by atoms with van der Waals surface area (Å²) in [5, 5.41) is 0. The zero-order valence-electron chi connectivity index (χ0n) is 11.8.